The van der Waals surface area contributed by atoms with Crippen LogP contribution in [-0.2, 0) is 9.59 Å². The predicted octanol–water partition coefficient (Wildman–Crippen LogP) is 0.805. The van der Waals surface area contributed by atoms with Gasteiger partial charge in [-0.2, -0.15) is 0 Å². The van der Waals surface area contributed by atoms with Crippen molar-refractivity contribution in [2.45, 2.75) is 33.1 Å². The fourth-order valence-corrected chi connectivity index (χ4v) is 3.49. The average molecular weight is 376 g/mol. The van der Waals surface area contributed by atoms with E-state index in [0.29, 0.717) is 30.4 Å². The van der Waals surface area contributed by atoms with Crippen LogP contribution in [0.25, 0.3) is 0 Å². The van der Waals surface area contributed by atoms with Crippen LogP contribution in [0.3, 0.4) is 0 Å². The Morgan fingerprint density at radius 1 is 0.926 bits per heavy atom. The van der Waals surface area contributed by atoms with Crippen molar-refractivity contribution < 1.29 is 28.8 Å². The lowest BCUT2D eigenvalue weighted by molar-refractivity contribution is -0.912. The zero-order valence-electron chi connectivity index (χ0n) is 15.8. The number of likely N-dealkylation sites (tertiary alicyclic amines) is 1. The number of rotatable bonds is 7. The van der Waals surface area contributed by atoms with E-state index in [2.05, 4.69) is 0 Å². The average Bonchev–Trinajstić information content (AvgIpc) is 2.88. The number of amides is 4. The highest BCUT2D eigenvalue weighted by atomic mass is 16.5. The molecule has 2 fully saturated rings. The second-order valence-electron chi connectivity index (χ2n) is 6.62. The molecule has 4 amide bonds. The third-order valence-corrected chi connectivity index (χ3v) is 4.78. The molecule has 0 aliphatic carbocycles. The molecule has 2 heterocycles. The first-order valence-electron chi connectivity index (χ1n) is 9.50. The first kappa shape index (κ1) is 19.2. The topological polar surface area (TPSA) is 80.6 Å². The fraction of sp³-hybridized carbons (Fsp3) is 0.526. The van der Waals surface area contributed by atoms with Gasteiger partial charge in [0.05, 0.1) is 32.0 Å². The maximum absolute atomic E-state index is 12.8. The van der Waals surface area contributed by atoms with Gasteiger partial charge in [-0.3, -0.25) is 9.59 Å². The summed E-state index contributed by atoms with van der Waals surface area (Å²) in [5.74, 6) is -0.638. The molecule has 27 heavy (non-hydrogen) atoms. The van der Waals surface area contributed by atoms with E-state index in [1.54, 1.807) is 18.2 Å². The van der Waals surface area contributed by atoms with Gasteiger partial charge in [0.25, 0.3) is 0 Å². The minimum Gasteiger partial charge on any atom is -0.490 e. The number of piperidine rings is 1. The largest absolute Gasteiger partial charge is 0.490 e. The number of quaternary nitrogens is 1. The van der Waals surface area contributed by atoms with Gasteiger partial charge in [0.2, 0.25) is 0 Å². The van der Waals surface area contributed by atoms with Gasteiger partial charge < -0.3 is 14.4 Å². The van der Waals surface area contributed by atoms with E-state index in [4.69, 9.17) is 9.47 Å². The summed E-state index contributed by atoms with van der Waals surface area (Å²) in [6, 6.07) is 4.20. The number of urea groups is 1. The highest BCUT2D eigenvalue weighted by Gasteiger charge is 2.47. The smallest absolute Gasteiger partial charge is 0.343 e. The van der Waals surface area contributed by atoms with Crippen LogP contribution in [0.1, 0.15) is 33.1 Å². The van der Waals surface area contributed by atoms with Gasteiger partial charge in [-0.15, -0.1) is 0 Å². The van der Waals surface area contributed by atoms with Crippen molar-refractivity contribution in [1.29, 1.82) is 0 Å². The lowest BCUT2D eigenvalue weighted by Gasteiger charge is -2.26. The van der Waals surface area contributed by atoms with Crippen LogP contribution in [0.5, 0.6) is 11.5 Å². The van der Waals surface area contributed by atoms with Gasteiger partial charge in [0.1, 0.15) is 0 Å². The molecule has 1 N–H and O–H groups in total. The Morgan fingerprint density at radius 3 is 2.26 bits per heavy atom. The Bertz CT molecular complexity index is 730. The molecular formula is C19H26N3O5+. The molecule has 2 saturated heterocycles. The van der Waals surface area contributed by atoms with Crippen LogP contribution in [0, 0.1) is 0 Å². The number of nitrogens with one attached hydrogen (secondary N) is 1. The van der Waals surface area contributed by atoms with E-state index < -0.39 is 17.8 Å². The van der Waals surface area contributed by atoms with Crippen molar-refractivity contribution in [3.63, 3.8) is 0 Å². The molecule has 146 valence electrons. The zero-order chi connectivity index (χ0) is 19.4. The van der Waals surface area contributed by atoms with Crippen LogP contribution in [-0.4, -0.2) is 55.7 Å². The quantitative estimate of drug-likeness (QED) is 0.563. The number of imide groups is 2. The maximum atomic E-state index is 12.8. The standard InChI is InChI=1S/C19H25N3O5/c1-3-26-15-9-8-14(12-16(15)27-4-2)22-18(24)17(23)21(19(22)25)13-20-10-6-5-7-11-20/h8-9,12H,3-7,10-11,13H2,1-2H3/p+1. The summed E-state index contributed by atoms with van der Waals surface area (Å²) in [6.07, 6.45) is 3.31. The summed E-state index contributed by atoms with van der Waals surface area (Å²) in [6.45, 7) is 6.61. The van der Waals surface area contributed by atoms with Gasteiger partial charge in [-0.05, 0) is 45.2 Å². The summed E-state index contributed by atoms with van der Waals surface area (Å²) >= 11 is 0. The molecule has 0 radical (unpaired) electrons. The monoisotopic (exact) mass is 376 g/mol. The number of carbonyl (C=O) groups is 3. The van der Waals surface area contributed by atoms with Crippen molar-refractivity contribution in [3.8, 4) is 11.5 Å². The lowest BCUT2D eigenvalue weighted by Crippen LogP contribution is -3.14. The third kappa shape index (κ3) is 3.90. The molecule has 8 heteroatoms. The molecule has 1 aromatic carbocycles. The number of ether oxygens (including phenoxy) is 2. The molecule has 1 aromatic rings. The molecule has 0 aromatic heterocycles. The number of nitrogens with zero attached hydrogens (tertiary/aromatic N) is 2. The molecule has 8 nitrogen and oxygen atoms in total. The van der Waals surface area contributed by atoms with Crippen LogP contribution in [0.2, 0.25) is 0 Å². The fourth-order valence-electron chi connectivity index (χ4n) is 3.49. The van der Waals surface area contributed by atoms with Crippen molar-refractivity contribution in [2.75, 3.05) is 37.9 Å². The van der Waals surface area contributed by atoms with Gasteiger partial charge in [0.15, 0.2) is 18.2 Å². The molecule has 0 unspecified atom stereocenters. The van der Waals surface area contributed by atoms with E-state index in [1.165, 1.54) is 6.42 Å². The van der Waals surface area contributed by atoms with E-state index in [-0.39, 0.29) is 6.67 Å². The summed E-state index contributed by atoms with van der Waals surface area (Å²) in [5.41, 5.74) is 0.307. The van der Waals surface area contributed by atoms with Crippen molar-refractivity contribution in [1.82, 2.24) is 4.90 Å². The first-order valence-corrected chi connectivity index (χ1v) is 9.50. The zero-order valence-corrected chi connectivity index (χ0v) is 15.8. The molecule has 0 saturated carbocycles. The Morgan fingerprint density at radius 2 is 1.59 bits per heavy atom. The minimum atomic E-state index is -0.831. The van der Waals surface area contributed by atoms with Crippen LogP contribution in [0.15, 0.2) is 18.2 Å². The summed E-state index contributed by atoms with van der Waals surface area (Å²) in [5, 5.41) is 0. The Labute approximate surface area is 158 Å². The van der Waals surface area contributed by atoms with Crippen molar-refractivity contribution in [3.05, 3.63) is 18.2 Å². The molecule has 0 atom stereocenters. The minimum absolute atomic E-state index is 0.231. The van der Waals surface area contributed by atoms with Gasteiger partial charge in [-0.25, -0.2) is 14.6 Å². The van der Waals surface area contributed by atoms with Gasteiger partial charge in [-0.1, -0.05) is 0 Å². The number of anilines is 1. The Kier molecular flexibility index (Phi) is 5.95. The summed E-state index contributed by atoms with van der Waals surface area (Å²) < 4.78 is 11.1. The molecule has 0 spiro atoms. The second kappa shape index (κ2) is 8.39. The molecule has 0 bridgehead atoms. The summed E-state index contributed by atoms with van der Waals surface area (Å²) in [7, 11) is 0. The number of hydrogen-bond donors (Lipinski definition) is 1. The van der Waals surface area contributed by atoms with Crippen molar-refractivity contribution >= 4 is 23.5 Å². The normalized spacial score (nSPS) is 18.4. The van der Waals surface area contributed by atoms with Gasteiger partial charge in [0, 0.05) is 6.07 Å². The lowest BCUT2D eigenvalue weighted by atomic mass is 10.1. The number of benzene rings is 1. The molecule has 2 aliphatic heterocycles. The number of hydrogen-bond acceptors (Lipinski definition) is 5. The number of carbonyl (C=O) groups excluding carboxylic acids is 3. The van der Waals surface area contributed by atoms with E-state index >= 15 is 0 Å². The third-order valence-electron chi connectivity index (χ3n) is 4.78. The second-order valence-corrected chi connectivity index (χ2v) is 6.62. The molecular weight excluding hydrogens is 350 g/mol. The van der Waals surface area contributed by atoms with E-state index in [9.17, 15) is 14.4 Å². The van der Waals surface area contributed by atoms with Crippen LogP contribution in [0.4, 0.5) is 10.5 Å². The van der Waals surface area contributed by atoms with Crippen LogP contribution < -0.4 is 19.3 Å². The van der Waals surface area contributed by atoms with E-state index in [0.717, 1.165) is 40.6 Å². The van der Waals surface area contributed by atoms with Crippen molar-refractivity contribution in [2.24, 2.45) is 0 Å². The maximum Gasteiger partial charge on any atom is 0.343 e. The predicted molar refractivity (Wildman–Crippen MR) is 97.9 cm³/mol. The van der Waals surface area contributed by atoms with Gasteiger partial charge >= 0.3 is 17.8 Å². The first-order chi connectivity index (χ1) is 13.1. The highest BCUT2D eigenvalue weighted by molar-refractivity contribution is 6.52. The summed E-state index contributed by atoms with van der Waals surface area (Å²) in [4.78, 5) is 40.8. The molecule has 3 rings (SSSR count). The Hall–Kier alpha value is -2.61. The SMILES string of the molecule is CCOc1ccc(N2C(=O)C(=O)N(C[NH+]3CCCCC3)C2=O)cc1OCC. The highest BCUT2D eigenvalue weighted by Crippen LogP contribution is 2.33. The van der Waals surface area contributed by atoms with E-state index in [1.807, 2.05) is 13.8 Å². The molecule has 2 aliphatic rings. The Balaban J connectivity index is 1.83. The van der Waals surface area contributed by atoms with Crippen LogP contribution >= 0.6 is 0 Å².